The van der Waals surface area contributed by atoms with Gasteiger partial charge < -0.3 is 11.1 Å². The van der Waals surface area contributed by atoms with Crippen LogP contribution in [-0.2, 0) is 5.54 Å². The van der Waals surface area contributed by atoms with Gasteiger partial charge in [-0.25, -0.2) is 9.37 Å². The minimum absolute atomic E-state index is 0.0208. The molecule has 164 valence electrons. The summed E-state index contributed by atoms with van der Waals surface area (Å²) in [7, 11) is -3.22. The van der Waals surface area contributed by atoms with Crippen LogP contribution in [0.2, 0.25) is 0 Å². The molecule has 5 N–H and O–H groups in total. The first-order valence-electron chi connectivity index (χ1n) is 9.40. The van der Waals surface area contributed by atoms with Crippen LogP contribution in [0, 0.1) is 24.1 Å². The van der Waals surface area contributed by atoms with Gasteiger partial charge in [-0.3, -0.25) is 18.9 Å². The second kappa shape index (κ2) is 7.60. The third-order valence-electron chi connectivity index (χ3n) is 5.51. The van der Waals surface area contributed by atoms with E-state index in [9.17, 15) is 18.3 Å². The standard InChI is InChI=1S/C21H24FN5O3S/c1-12-7-13(9-23)10-25-17(12)18(28)26-14-5-6-16(22)15(8-14)21(4)11-31(29,30)20(2,3)19(24)27-21/h5-8,10,29-30H,11H2,1-4H3,(H2,24,27)(H,26,28)/t21-/m0/s1. The highest BCUT2D eigenvalue weighted by Gasteiger charge is 2.49. The number of aliphatic imine (C=N–C) groups is 1. The molecule has 0 aliphatic carbocycles. The Labute approximate surface area is 181 Å². The van der Waals surface area contributed by atoms with Crippen molar-refractivity contribution < 1.29 is 18.3 Å². The van der Waals surface area contributed by atoms with E-state index in [0.717, 1.165) is 0 Å². The molecule has 0 unspecified atom stereocenters. The van der Waals surface area contributed by atoms with E-state index in [-0.39, 0.29) is 28.5 Å². The topological polar surface area (TPSA) is 145 Å². The Balaban J connectivity index is 1.97. The number of nitrogens with two attached hydrogens (primary N) is 1. The number of rotatable bonds is 3. The molecule has 0 bridgehead atoms. The van der Waals surface area contributed by atoms with Gasteiger partial charge in [0.05, 0.1) is 11.3 Å². The van der Waals surface area contributed by atoms with Crippen LogP contribution in [0.15, 0.2) is 35.5 Å². The molecule has 1 amide bonds. The maximum atomic E-state index is 14.8. The number of anilines is 1. The summed E-state index contributed by atoms with van der Waals surface area (Å²) in [5.74, 6) is -1.33. The van der Waals surface area contributed by atoms with Gasteiger partial charge in [-0.15, -0.1) is 0 Å². The number of halogens is 1. The number of amidine groups is 1. The lowest BCUT2D eigenvalue weighted by Crippen LogP contribution is -2.52. The third-order valence-corrected chi connectivity index (χ3v) is 8.32. The summed E-state index contributed by atoms with van der Waals surface area (Å²) < 4.78 is 34.9. The van der Waals surface area contributed by atoms with Crippen molar-refractivity contribution >= 4 is 28.0 Å². The number of pyridine rings is 1. The van der Waals surface area contributed by atoms with Crippen molar-refractivity contribution in [1.82, 2.24) is 4.98 Å². The number of hydrogen-bond donors (Lipinski definition) is 4. The molecule has 0 spiro atoms. The minimum Gasteiger partial charge on any atom is -0.386 e. The highest BCUT2D eigenvalue weighted by atomic mass is 32.3. The minimum atomic E-state index is -3.22. The molecular weight excluding hydrogens is 421 g/mol. The number of carbonyl (C=O) groups excluding carboxylic acids is 1. The first-order valence-corrected chi connectivity index (χ1v) is 11.1. The smallest absolute Gasteiger partial charge is 0.274 e. The number of nitrogens with one attached hydrogen (secondary N) is 1. The van der Waals surface area contributed by atoms with Crippen LogP contribution in [0.5, 0.6) is 0 Å². The zero-order valence-electron chi connectivity index (χ0n) is 17.6. The van der Waals surface area contributed by atoms with Gasteiger partial charge in [-0.2, -0.15) is 15.9 Å². The molecule has 0 saturated heterocycles. The summed E-state index contributed by atoms with van der Waals surface area (Å²) in [6, 6.07) is 7.46. The van der Waals surface area contributed by atoms with E-state index in [1.807, 2.05) is 6.07 Å². The number of aromatic nitrogens is 1. The van der Waals surface area contributed by atoms with Gasteiger partial charge in [0.25, 0.3) is 5.91 Å². The van der Waals surface area contributed by atoms with Crippen molar-refractivity contribution in [2.45, 2.75) is 38.0 Å². The number of amides is 1. The Morgan fingerprint density at radius 1 is 1.32 bits per heavy atom. The summed E-state index contributed by atoms with van der Waals surface area (Å²) >= 11 is 0. The van der Waals surface area contributed by atoms with E-state index in [2.05, 4.69) is 15.3 Å². The summed E-state index contributed by atoms with van der Waals surface area (Å²) in [6.45, 7) is 6.40. The molecule has 1 aromatic carbocycles. The normalized spacial score (nSPS) is 22.7. The Morgan fingerprint density at radius 2 is 2.00 bits per heavy atom. The molecule has 2 aromatic rings. The zero-order valence-corrected chi connectivity index (χ0v) is 18.4. The van der Waals surface area contributed by atoms with E-state index in [1.54, 1.807) is 33.8 Å². The van der Waals surface area contributed by atoms with E-state index < -0.39 is 32.6 Å². The first-order chi connectivity index (χ1) is 14.3. The number of aryl methyl sites for hydroxylation is 1. The fourth-order valence-electron chi connectivity index (χ4n) is 3.39. The SMILES string of the molecule is Cc1cc(C#N)cnc1C(=O)Nc1ccc(F)c([C@]2(C)CS(O)(O)C(C)(C)C(N)=N2)c1. The first kappa shape index (κ1) is 22.7. The lowest BCUT2D eigenvalue weighted by Gasteiger charge is -2.53. The highest BCUT2D eigenvalue weighted by molar-refractivity contribution is 8.26. The summed E-state index contributed by atoms with van der Waals surface area (Å²) in [5.41, 5.74) is 6.03. The summed E-state index contributed by atoms with van der Waals surface area (Å²) in [5, 5.41) is 11.6. The molecule has 2 heterocycles. The Hall–Kier alpha value is -3.00. The van der Waals surface area contributed by atoms with Crippen LogP contribution in [0.1, 0.15) is 48.0 Å². The number of nitriles is 1. The van der Waals surface area contributed by atoms with E-state index in [1.165, 1.54) is 24.4 Å². The van der Waals surface area contributed by atoms with Crippen molar-refractivity contribution in [3.63, 3.8) is 0 Å². The zero-order chi connectivity index (χ0) is 23.2. The molecule has 1 aliphatic heterocycles. The van der Waals surface area contributed by atoms with Crippen LogP contribution < -0.4 is 11.1 Å². The molecule has 10 heteroatoms. The Bertz CT molecular complexity index is 1140. The molecule has 1 aliphatic rings. The van der Waals surface area contributed by atoms with Gasteiger partial charge in [0.15, 0.2) is 0 Å². The van der Waals surface area contributed by atoms with Crippen LogP contribution in [0.25, 0.3) is 0 Å². The molecular formula is C21H24FN5O3S. The van der Waals surface area contributed by atoms with Gasteiger partial charge in [0, 0.05) is 17.4 Å². The summed E-state index contributed by atoms with van der Waals surface area (Å²) in [4.78, 5) is 21.1. The fourth-order valence-corrected chi connectivity index (χ4v) is 5.14. The van der Waals surface area contributed by atoms with Gasteiger partial charge in [0.2, 0.25) is 0 Å². The maximum absolute atomic E-state index is 14.8. The Morgan fingerprint density at radius 3 is 2.58 bits per heavy atom. The van der Waals surface area contributed by atoms with E-state index in [0.29, 0.717) is 11.1 Å². The van der Waals surface area contributed by atoms with Gasteiger partial charge in [-0.05, 0) is 57.5 Å². The molecule has 0 radical (unpaired) electrons. The van der Waals surface area contributed by atoms with Crippen molar-refractivity contribution in [2.24, 2.45) is 10.7 Å². The number of hydrogen-bond acceptors (Lipinski definition) is 7. The van der Waals surface area contributed by atoms with Gasteiger partial charge >= 0.3 is 0 Å². The molecule has 0 fully saturated rings. The molecule has 3 rings (SSSR count). The lowest BCUT2D eigenvalue weighted by molar-refractivity contribution is 0.102. The predicted molar refractivity (Wildman–Crippen MR) is 119 cm³/mol. The van der Waals surface area contributed by atoms with Crippen molar-refractivity contribution in [1.29, 1.82) is 5.26 Å². The van der Waals surface area contributed by atoms with Crippen molar-refractivity contribution in [3.05, 3.63) is 58.7 Å². The number of benzene rings is 1. The molecule has 31 heavy (non-hydrogen) atoms. The van der Waals surface area contributed by atoms with Crippen molar-refractivity contribution in [3.8, 4) is 6.07 Å². The second-order valence-corrected chi connectivity index (χ2v) is 10.9. The highest BCUT2D eigenvalue weighted by Crippen LogP contribution is 2.59. The average Bonchev–Trinajstić information content (AvgIpc) is 2.67. The van der Waals surface area contributed by atoms with Crippen LogP contribution in [-0.4, -0.2) is 36.3 Å². The predicted octanol–water partition coefficient (Wildman–Crippen LogP) is 3.77. The molecule has 1 aromatic heterocycles. The lowest BCUT2D eigenvalue weighted by atomic mass is 9.92. The largest absolute Gasteiger partial charge is 0.386 e. The quantitative estimate of drug-likeness (QED) is 0.566. The third kappa shape index (κ3) is 3.99. The van der Waals surface area contributed by atoms with Crippen LogP contribution >= 0.6 is 10.6 Å². The number of nitrogens with zero attached hydrogens (tertiary/aromatic N) is 3. The van der Waals surface area contributed by atoms with E-state index >= 15 is 0 Å². The second-order valence-electron chi connectivity index (χ2n) is 8.24. The maximum Gasteiger partial charge on any atom is 0.274 e. The van der Waals surface area contributed by atoms with Crippen molar-refractivity contribution in [2.75, 3.05) is 11.1 Å². The average molecular weight is 446 g/mol. The number of carbonyl (C=O) groups is 1. The monoisotopic (exact) mass is 445 g/mol. The summed E-state index contributed by atoms with van der Waals surface area (Å²) in [6.07, 6.45) is 1.30. The van der Waals surface area contributed by atoms with Crippen LogP contribution in [0.4, 0.5) is 10.1 Å². The van der Waals surface area contributed by atoms with E-state index in [4.69, 9.17) is 11.0 Å². The Kier molecular flexibility index (Phi) is 5.56. The van der Waals surface area contributed by atoms with Gasteiger partial charge in [-0.1, -0.05) is 0 Å². The van der Waals surface area contributed by atoms with Gasteiger partial charge in [0.1, 0.15) is 33.7 Å². The molecule has 0 saturated carbocycles. The molecule has 8 nitrogen and oxygen atoms in total. The molecule has 1 atom stereocenters. The van der Waals surface area contributed by atoms with Crippen LogP contribution in [0.3, 0.4) is 0 Å². The fraction of sp³-hybridized carbons (Fsp3) is 0.333.